The normalized spacial score (nSPS) is 14.9. The molecule has 0 radical (unpaired) electrons. The van der Waals surface area contributed by atoms with E-state index in [-0.39, 0.29) is 23.5 Å². The van der Waals surface area contributed by atoms with Crippen molar-refractivity contribution in [3.8, 4) is 0 Å². The van der Waals surface area contributed by atoms with E-state index in [0.29, 0.717) is 0 Å². The SMILES string of the molecule is COC(=O)[C@H](N[C@@H](C)c1ccccc1)C(C)(C)C. The number of hydrogen-bond donors (Lipinski definition) is 1. The Balaban J connectivity index is 2.82. The quantitative estimate of drug-likeness (QED) is 0.834. The fourth-order valence-electron chi connectivity index (χ4n) is 1.88. The first-order valence-corrected chi connectivity index (χ1v) is 6.25. The third kappa shape index (κ3) is 3.84. The number of hydrogen-bond acceptors (Lipinski definition) is 3. The molecule has 0 aromatic heterocycles. The van der Waals surface area contributed by atoms with Crippen LogP contribution in [0.1, 0.15) is 39.3 Å². The summed E-state index contributed by atoms with van der Waals surface area (Å²) in [4.78, 5) is 11.8. The van der Waals surface area contributed by atoms with Crippen LogP contribution in [-0.4, -0.2) is 19.1 Å². The lowest BCUT2D eigenvalue weighted by atomic mass is 9.86. The van der Waals surface area contributed by atoms with Crippen LogP contribution in [0.4, 0.5) is 0 Å². The minimum absolute atomic E-state index is 0.106. The zero-order valence-electron chi connectivity index (χ0n) is 11.9. The number of rotatable bonds is 4. The first-order valence-electron chi connectivity index (χ1n) is 6.25. The van der Waals surface area contributed by atoms with Crippen molar-refractivity contribution in [3.05, 3.63) is 35.9 Å². The summed E-state index contributed by atoms with van der Waals surface area (Å²) in [6, 6.07) is 9.86. The van der Waals surface area contributed by atoms with Crippen LogP contribution in [0.5, 0.6) is 0 Å². The highest BCUT2D eigenvalue weighted by Gasteiger charge is 2.33. The van der Waals surface area contributed by atoms with Gasteiger partial charge in [0, 0.05) is 6.04 Å². The van der Waals surface area contributed by atoms with E-state index in [1.165, 1.54) is 7.11 Å². The monoisotopic (exact) mass is 249 g/mol. The summed E-state index contributed by atoms with van der Waals surface area (Å²) in [5, 5.41) is 3.35. The highest BCUT2D eigenvalue weighted by atomic mass is 16.5. The molecule has 0 aliphatic carbocycles. The maximum Gasteiger partial charge on any atom is 0.323 e. The largest absolute Gasteiger partial charge is 0.468 e. The van der Waals surface area contributed by atoms with Gasteiger partial charge in [0.25, 0.3) is 0 Å². The number of carbonyl (C=O) groups is 1. The van der Waals surface area contributed by atoms with Crippen LogP contribution < -0.4 is 5.32 Å². The average Bonchev–Trinajstić information content (AvgIpc) is 2.34. The highest BCUT2D eigenvalue weighted by Crippen LogP contribution is 2.23. The fraction of sp³-hybridized carbons (Fsp3) is 0.533. The first-order chi connectivity index (χ1) is 8.36. The van der Waals surface area contributed by atoms with E-state index >= 15 is 0 Å². The van der Waals surface area contributed by atoms with Crippen molar-refractivity contribution in [2.45, 2.75) is 39.8 Å². The molecule has 0 saturated carbocycles. The Morgan fingerprint density at radius 2 is 1.78 bits per heavy atom. The third-order valence-corrected chi connectivity index (χ3v) is 3.02. The number of methoxy groups -OCH3 is 1. The Labute approximate surface area is 110 Å². The van der Waals surface area contributed by atoms with Crippen molar-refractivity contribution < 1.29 is 9.53 Å². The van der Waals surface area contributed by atoms with Crippen LogP contribution >= 0.6 is 0 Å². The van der Waals surface area contributed by atoms with E-state index < -0.39 is 0 Å². The van der Waals surface area contributed by atoms with E-state index in [0.717, 1.165) is 5.56 Å². The van der Waals surface area contributed by atoms with Crippen molar-refractivity contribution in [3.63, 3.8) is 0 Å². The summed E-state index contributed by atoms with van der Waals surface area (Å²) in [5.74, 6) is -0.217. The van der Waals surface area contributed by atoms with Crippen molar-refractivity contribution >= 4 is 5.97 Å². The molecule has 100 valence electrons. The zero-order valence-corrected chi connectivity index (χ0v) is 11.9. The second-order valence-corrected chi connectivity index (χ2v) is 5.62. The van der Waals surface area contributed by atoms with Gasteiger partial charge >= 0.3 is 5.97 Å². The van der Waals surface area contributed by atoms with Crippen molar-refractivity contribution in [1.82, 2.24) is 5.32 Å². The lowest BCUT2D eigenvalue weighted by Crippen LogP contribution is -2.48. The Hall–Kier alpha value is -1.35. The minimum Gasteiger partial charge on any atom is -0.468 e. The number of esters is 1. The van der Waals surface area contributed by atoms with Crippen molar-refractivity contribution in [1.29, 1.82) is 0 Å². The van der Waals surface area contributed by atoms with Gasteiger partial charge in [-0.3, -0.25) is 10.1 Å². The second-order valence-electron chi connectivity index (χ2n) is 5.62. The van der Waals surface area contributed by atoms with Gasteiger partial charge in [0.2, 0.25) is 0 Å². The smallest absolute Gasteiger partial charge is 0.323 e. The number of nitrogens with one attached hydrogen (secondary N) is 1. The van der Waals surface area contributed by atoms with Crippen LogP contribution in [-0.2, 0) is 9.53 Å². The second kappa shape index (κ2) is 6.01. The van der Waals surface area contributed by atoms with Crippen molar-refractivity contribution in [2.24, 2.45) is 5.41 Å². The van der Waals surface area contributed by atoms with Crippen LogP contribution in [0.2, 0.25) is 0 Å². The summed E-state index contributed by atoms with van der Waals surface area (Å²) in [6.45, 7) is 8.13. The number of ether oxygens (including phenoxy) is 1. The maximum absolute atomic E-state index is 11.8. The molecule has 0 heterocycles. The molecule has 1 aromatic rings. The van der Waals surface area contributed by atoms with Gasteiger partial charge < -0.3 is 4.74 Å². The lowest BCUT2D eigenvalue weighted by Gasteiger charge is -2.31. The van der Waals surface area contributed by atoms with Gasteiger partial charge in [-0.2, -0.15) is 0 Å². The van der Waals surface area contributed by atoms with Crippen LogP contribution in [0.3, 0.4) is 0 Å². The molecule has 3 heteroatoms. The summed E-state index contributed by atoms with van der Waals surface area (Å²) < 4.78 is 4.87. The van der Waals surface area contributed by atoms with Gasteiger partial charge in [-0.1, -0.05) is 51.1 Å². The maximum atomic E-state index is 11.8. The topological polar surface area (TPSA) is 38.3 Å². The van der Waals surface area contributed by atoms with Gasteiger partial charge in [0.15, 0.2) is 0 Å². The van der Waals surface area contributed by atoms with Gasteiger partial charge in [-0.15, -0.1) is 0 Å². The van der Waals surface area contributed by atoms with E-state index in [2.05, 4.69) is 24.4 Å². The third-order valence-electron chi connectivity index (χ3n) is 3.02. The Kier molecular flexibility index (Phi) is 4.91. The summed E-state index contributed by atoms with van der Waals surface area (Å²) in [5.41, 5.74) is 0.978. The molecule has 1 rings (SSSR count). The van der Waals surface area contributed by atoms with E-state index in [1.54, 1.807) is 0 Å². The molecule has 0 fully saturated rings. The van der Waals surface area contributed by atoms with Crippen molar-refractivity contribution in [2.75, 3.05) is 7.11 Å². The molecule has 0 unspecified atom stereocenters. The average molecular weight is 249 g/mol. The number of benzene rings is 1. The fourth-order valence-corrected chi connectivity index (χ4v) is 1.88. The molecule has 0 bridgehead atoms. The molecular weight excluding hydrogens is 226 g/mol. The van der Waals surface area contributed by atoms with Gasteiger partial charge in [0.1, 0.15) is 6.04 Å². The van der Waals surface area contributed by atoms with Gasteiger partial charge in [-0.05, 0) is 17.9 Å². The van der Waals surface area contributed by atoms with E-state index in [1.807, 2.05) is 39.0 Å². The summed E-state index contributed by atoms with van der Waals surface area (Å²) in [7, 11) is 1.43. The van der Waals surface area contributed by atoms with Crippen LogP contribution in [0.25, 0.3) is 0 Å². The number of carbonyl (C=O) groups excluding carboxylic acids is 1. The molecule has 0 aliphatic heterocycles. The van der Waals surface area contributed by atoms with E-state index in [4.69, 9.17) is 4.74 Å². The molecule has 1 N–H and O–H groups in total. The predicted octanol–water partition coefficient (Wildman–Crippen LogP) is 2.92. The Bertz CT molecular complexity index is 381. The molecule has 0 aliphatic rings. The van der Waals surface area contributed by atoms with Gasteiger partial charge in [0.05, 0.1) is 7.11 Å². The van der Waals surface area contributed by atoms with E-state index in [9.17, 15) is 4.79 Å². The summed E-state index contributed by atoms with van der Waals surface area (Å²) >= 11 is 0. The molecule has 1 aromatic carbocycles. The zero-order chi connectivity index (χ0) is 13.8. The standard InChI is InChI=1S/C15H23NO2/c1-11(12-9-7-6-8-10-12)16-13(14(17)18-5)15(2,3)4/h6-11,13,16H,1-5H3/t11-,13-/m0/s1. The highest BCUT2D eigenvalue weighted by molar-refractivity contribution is 5.76. The Morgan fingerprint density at radius 1 is 1.22 bits per heavy atom. The first kappa shape index (κ1) is 14.7. The molecule has 0 spiro atoms. The minimum atomic E-state index is -0.322. The Morgan fingerprint density at radius 3 is 2.22 bits per heavy atom. The lowest BCUT2D eigenvalue weighted by molar-refractivity contribution is -0.146. The molecule has 18 heavy (non-hydrogen) atoms. The van der Waals surface area contributed by atoms with Gasteiger partial charge in [-0.25, -0.2) is 0 Å². The van der Waals surface area contributed by atoms with Crippen LogP contribution in [0, 0.1) is 5.41 Å². The molecule has 0 saturated heterocycles. The predicted molar refractivity (Wildman–Crippen MR) is 73.3 cm³/mol. The summed E-state index contributed by atoms with van der Waals surface area (Å²) in [6.07, 6.45) is 0. The van der Waals surface area contributed by atoms with Crippen LogP contribution in [0.15, 0.2) is 30.3 Å². The molecule has 2 atom stereocenters. The molecule has 3 nitrogen and oxygen atoms in total. The molecule has 0 amide bonds. The molecular formula is C15H23NO2.